The fourth-order valence-corrected chi connectivity index (χ4v) is 1.80. The Morgan fingerprint density at radius 2 is 2.33 bits per heavy atom. The Bertz CT molecular complexity index is 539. The van der Waals surface area contributed by atoms with Crippen molar-refractivity contribution in [2.45, 2.75) is 6.54 Å². The van der Waals surface area contributed by atoms with Crippen molar-refractivity contribution < 1.29 is 4.79 Å². The highest BCUT2D eigenvalue weighted by molar-refractivity contribution is 6.34. The topological polar surface area (TPSA) is 72.9 Å². The van der Waals surface area contributed by atoms with E-state index < -0.39 is 0 Å². The van der Waals surface area contributed by atoms with Crippen LogP contribution in [0.4, 0.5) is 5.69 Å². The summed E-state index contributed by atoms with van der Waals surface area (Å²) in [7, 11) is 0. The van der Waals surface area contributed by atoms with Gasteiger partial charge in [0.25, 0.3) is 5.91 Å². The van der Waals surface area contributed by atoms with Crippen molar-refractivity contribution in [1.29, 1.82) is 0 Å². The Labute approximate surface area is 110 Å². The minimum Gasteiger partial charge on any atom is -0.399 e. The summed E-state index contributed by atoms with van der Waals surface area (Å²) in [6, 6.07) is 6.65. The molecule has 0 saturated heterocycles. The lowest BCUT2D eigenvalue weighted by Gasteiger charge is -2.07. The molecule has 18 heavy (non-hydrogen) atoms. The van der Waals surface area contributed by atoms with Gasteiger partial charge in [-0.2, -0.15) is 5.10 Å². The lowest BCUT2D eigenvalue weighted by Crippen LogP contribution is -2.27. The Hall–Kier alpha value is -2.01. The predicted octanol–water partition coefficient (Wildman–Crippen LogP) is 1.55. The summed E-state index contributed by atoms with van der Waals surface area (Å²) in [4.78, 5) is 11.8. The molecule has 0 bridgehead atoms. The molecule has 1 aromatic carbocycles. The molecular weight excluding hydrogens is 252 g/mol. The van der Waals surface area contributed by atoms with Crippen molar-refractivity contribution in [3.05, 3.63) is 47.2 Å². The molecule has 2 aromatic rings. The molecule has 0 saturated carbocycles. The number of carbonyl (C=O) groups excluding carboxylic acids is 1. The van der Waals surface area contributed by atoms with Crippen LogP contribution >= 0.6 is 11.6 Å². The first-order chi connectivity index (χ1) is 8.66. The summed E-state index contributed by atoms with van der Waals surface area (Å²) < 4.78 is 1.74. The van der Waals surface area contributed by atoms with Crippen molar-refractivity contribution in [2.24, 2.45) is 0 Å². The maximum absolute atomic E-state index is 11.8. The molecule has 5 nitrogen and oxygen atoms in total. The van der Waals surface area contributed by atoms with E-state index in [1.165, 1.54) is 0 Å². The van der Waals surface area contributed by atoms with Gasteiger partial charge in [-0.15, -0.1) is 0 Å². The molecule has 94 valence electrons. The molecule has 0 spiro atoms. The molecule has 1 heterocycles. The monoisotopic (exact) mass is 264 g/mol. The number of hydrogen-bond acceptors (Lipinski definition) is 3. The lowest BCUT2D eigenvalue weighted by atomic mass is 10.2. The largest absolute Gasteiger partial charge is 0.399 e. The van der Waals surface area contributed by atoms with Crippen molar-refractivity contribution in [3.8, 4) is 0 Å². The number of anilines is 1. The second kappa shape index (κ2) is 5.55. The van der Waals surface area contributed by atoms with Gasteiger partial charge in [0.05, 0.1) is 17.1 Å². The Morgan fingerprint density at radius 1 is 1.50 bits per heavy atom. The fourth-order valence-electron chi connectivity index (χ4n) is 1.53. The molecule has 0 fully saturated rings. The highest BCUT2D eigenvalue weighted by Gasteiger charge is 2.09. The van der Waals surface area contributed by atoms with Crippen LogP contribution in [-0.4, -0.2) is 22.2 Å². The zero-order chi connectivity index (χ0) is 13.0. The summed E-state index contributed by atoms with van der Waals surface area (Å²) in [5, 5.41) is 7.16. The average Bonchev–Trinajstić information content (AvgIpc) is 2.81. The summed E-state index contributed by atoms with van der Waals surface area (Å²) in [6.45, 7) is 1.10. The first-order valence-corrected chi connectivity index (χ1v) is 5.85. The molecule has 6 heteroatoms. The second-order valence-electron chi connectivity index (χ2n) is 3.76. The smallest absolute Gasteiger partial charge is 0.252 e. The van der Waals surface area contributed by atoms with Crippen LogP contribution in [-0.2, 0) is 6.54 Å². The third kappa shape index (κ3) is 3.01. The second-order valence-corrected chi connectivity index (χ2v) is 4.17. The van der Waals surface area contributed by atoms with Crippen molar-refractivity contribution in [1.82, 2.24) is 15.1 Å². The van der Waals surface area contributed by atoms with Crippen LogP contribution in [0.1, 0.15) is 10.4 Å². The molecular formula is C12H13ClN4O. The van der Waals surface area contributed by atoms with Crippen molar-refractivity contribution >= 4 is 23.2 Å². The van der Waals surface area contributed by atoms with Gasteiger partial charge in [-0.1, -0.05) is 11.6 Å². The Morgan fingerprint density at radius 3 is 3.00 bits per heavy atom. The number of nitrogens with one attached hydrogen (secondary N) is 1. The highest BCUT2D eigenvalue weighted by atomic mass is 35.5. The van der Waals surface area contributed by atoms with E-state index in [4.69, 9.17) is 17.3 Å². The molecule has 0 aliphatic carbocycles. The number of aromatic nitrogens is 2. The van der Waals surface area contributed by atoms with Gasteiger partial charge in [-0.3, -0.25) is 9.48 Å². The zero-order valence-corrected chi connectivity index (χ0v) is 10.4. The first kappa shape index (κ1) is 12.4. The third-order valence-electron chi connectivity index (χ3n) is 2.42. The SMILES string of the molecule is Nc1ccc(C(=O)NCCn2cccn2)c(Cl)c1. The summed E-state index contributed by atoms with van der Waals surface area (Å²) >= 11 is 5.94. The minimum absolute atomic E-state index is 0.216. The van der Waals surface area contributed by atoms with E-state index >= 15 is 0 Å². The Balaban J connectivity index is 1.91. The standard InChI is InChI=1S/C12H13ClN4O/c13-11-8-9(14)2-3-10(11)12(18)15-5-7-17-6-1-4-16-17/h1-4,6,8H,5,7,14H2,(H,15,18). The molecule has 0 aliphatic heterocycles. The summed E-state index contributed by atoms with van der Waals surface area (Å²) in [5.41, 5.74) is 6.52. The minimum atomic E-state index is -0.216. The van der Waals surface area contributed by atoms with Crippen LogP contribution in [0.15, 0.2) is 36.7 Å². The summed E-state index contributed by atoms with van der Waals surface area (Å²) in [6.07, 6.45) is 3.53. The number of hydrogen-bond donors (Lipinski definition) is 2. The maximum atomic E-state index is 11.8. The number of nitrogens with zero attached hydrogens (tertiary/aromatic N) is 2. The number of halogens is 1. The van der Waals surface area contributed by atoms with E-state index in [0.29, 0.717) is 29.4 Å². The average molecular weight is 265 g/mol. The van der Waals surface area contributed by atoms with Crippen LogP contribution in [0.2, 0.25) is 5.02 Å². The van der Waals surface area contributed by atoms with Crippen molar-refractivity contribution in [3.63, 3.8) is 0 Å². The van der Waals surface area contributed by atoms with E-state index in [0.717, 1.165) is 0 Å². The van der Waals surface area contributed by atoms with Gasteiger partial charge in [0.2, 0.25) is 0 Å². The molecule has 0 aliphatic rings. The summed E-state index contributed by atoms with van der Waals surface area (Å²) in [5.74, 6) is -0.216. The van der Waals surface area contributed by atoms with Crippen LogP contribution < -0.4 is 11.1 Å². The third-order valence-corrected chi connectivity index (χ3v) is 2.74. The van der Waals surface area contributed by atoms with E-state index in [-0.39, 0.29) is 5.91 Å². The molecule has 3 N–H and O–H groups in total. The number of nitrogen functional groups attached to an aromatic ring is 1. The first-order valence-electron chi connectivity index (χ1n) is 5.47. The van der Waals surface area contributed by atoms with Gasteiger partial charge in [-0.05, 0) is 24.3 Å². The van der Waals surface area contributed by atoms with Gasteiger partial charge >= 0.3 is 0 Å². The number of benzene rings is 1. The number of nitrogens with two attached hydrogens (primary N) is 1. The maximum Gasteiger partial charge on any atom is 0.252 e. The molecule has 0 unspecified atom stereocenters. The van der Waals surface area contributed by atoms with E-state index in [1.54, 1.807) is 29.1 Å². The fraction of sp³-hybridized carbons (Fsp3) is 0.167. The molecule has 0 radical (unpaired) electrons. The number of amides is 1. The number of carbonyl (C=O) groups is 1. The molecule has 0 atom stereocenters. The van der Waals surface area contributed by atoms with Crippen LogP contribution in [0.25, 0.3) is 0 Å². The van der Waals surface area contributed by atoms with E-state index in [2.05, 4.69) is 10.4 Å². The quantitative estimate of drug-likeness (QED) is 0.823. The molecule has 1 amide bonds. The van der Waals surface area contributed by atoms with Gasteiger partial charge < -0.3 is 11.1 Å². The van der Waals surface area contributed by atoms with E-state index in [1.807, 2.05) is 12.3 Å². The highest BCUT2D eigenvalue weighted by Crippen LogP contribution is 2.18. The lowest BCUT2D eigenvalue weighted by molar-refractivity contribution is 0.0952. The predicted molar refractivity (Wildman–Crippen MR) is 70.4 cm³/mol. The van der Waals surface area contributed by atoms with Gasteiger partial charge in [0, 0.05) is 24.6 Å². The normalized spacial score (nSPS) is 10.3. The van der Waals surface area contributed by atoms with Crippen LogP contribution in [0.3, 0.4) is 0 Å². The molecule has 1 aromatic heterocycles. The van der Waals surface area contributed by atoms with Crippen LogP contribution in [0, 0.1) is 0 Å². The number of rotatable bonds is 4. The molecule has 2 rings (SSSR count). The zero-order valence-electron chi connectivity index (χ0n) is 9.64. The van der Waals surface area contributed by atoms with E-state index in [9.17, 15) is 4.79 Å². The van der Waals surface area contributed by atoms with Gasteiger partial charge in [0.1, 0.15) is 0 Å². The van der Waals surface area contributed by atoms with Crippen LogP contribution in [0.5, 0.6) is 0 Å². The Kier molecular flexibility index (Phi) is 3.84. The van der Waals surface area contributed by atoms with Crippen molar-refractivity contribution in [2.75, 3.05) is 12.3 Å². The van der Waals surface area contributed by atoms with Gasteiger partial charge in [-0.25, -0.2) is 0 Å². The van der Waals surface area contributed by atoms with Gasteiger partial charge in [0.15, 0.2) is 0 Å².